The highest BCUT2D eigenvalue weighted by Gasteiger charge is 2.38. The average Bonchev–Trinajstić information content (AvgIpc) is 3.66. The van der Waals surface area contributed by atoms with Gasteiger partial charge in [-0.05, 0) is 86.1 Å². The summed E-state index contributed by atoms with van der Waals surface area (Å²) in [6.45, 7) is 4.51. The molecule has 6 heteroatoms. The second kappa shape index (κ2) is 9.12. The molecule has 0 fully saturated rings. The fourth-order valence-corrected chi connectivity index (χ4v) is 6.73. The van der Waals surface area contributed by atoms with E-state index in [-0.39, 0.29) is 5.41 Å². The van der Waals surface area contributed by atoms with Crippen molar-refractivity contribution in [2.24, 2.45) is 0 Å². The van der Waals surface area contributed by atoms with E-state index < -0.39 is 0 Å². The molecule has 0 amide bonds. The Hall–Kier alpha value is -5.75. The summed E-state index contributed by atoms with van der Waals surface area (Å²) >= 11 is 0. The maximum atomic E-state index is 6.44. The minimum atomic E-state index is -0.182. The monoisotopic (exact) mass is 569 g/mol. The van der Waals surface area contributed by atoms with Crippen LogP contribution in [0.15, 0.2) is 128 Å². The summed E-state index contributed by atoms with van der Waals surface area (Å²) in [4.78, 5) is 14.5. The second-order valence-electron chi connectivity index (χ2n) is 11.8. The first kappa shape index (κ1) is 24.8. The van der Waals surface area contributed by atoms with Gasteiger partial charge >= 0.3 is 0 Å². The minimum Gasteiger partial charge on any atom is -0.457 e. The van der Waals surface area contributed by atoms with E-state index in [4.69, 9.17) is 14.7 Å². The highest BCUT2D eigenvalue weighted by Crippen LogP contribution is 2.45. The molecule has 0 atom stereocenters. The molecule has 0 saturated carbocycles. The zero-order valence-corrected chi connectivity index (χ0v) is 24.3. The van der Waals surface area contributed by atoms with Crippen molar-refractivity contribution in [2.75, 3.05) is 0 Å². The topological polar surface area (TPSA) is 57.8 Å². The summed E-state index contributed by atoms with van der Waals surface area (Å²) in [5.74, 6) is 3.42. The van der Waals surface area contributed by atoms with Crippen molar-refractivity contribution >= 4 is 32.8 Å². The number of hydrogen-bond acceptors (Lipinski definition) is 4. The number of benzene rings is 4. The van der Waals surface area contributed by atoms with Gasteiger partial charge in [0.2, 0.25) is 0 Å². The van der Waals surface area contributed by atoms with Gasteiger partial charge in [0.25, 0.3) is 0 Å². The quantitative estimate of drug-likeness (QED) is 0.212. The van der Waals surface area contributed by atoms with E-state index in [1.54, 1.807) is 6.20 Å². The Morgan fingerprint density at radius 2 is 1.41 bits per heavy atom. The molecule has 0 aliphatic carbocycles. The van der Waals surface area contributed by atoms with E-state index in [9.17, 15) is 0 Å². The average molecular weight is 570 g/mol. The molecule has 4 aromatic carbocycles. The summed E-state index contributed by atoms with van der Waals surface area (Å²) in [5, 5.41) is 2.27. The van der Waals surface area contributed by atoms with Crippen LogP contribution in [0.5, 0.6) is 11.5 Å². The molecule has 0 radical (unpaired) electrons. The second-order valence-corrected chi connectivity index (χ2v) is 11.8. The van der Waals surface area contributed by atoms with E-state index in [1.807, 2.05) is 72.9 Å². The van der Waals surface area contributed by atoms with Gasteiger partial charge in [0, 0.05) is 34.8 Å². The highest BCUT2D eigenvalue weighted by atomic mass is 16.5. The Balaban J connectivity index is 1.24. The molecule has 0 bridgehead atoms. The lowest BCUT2D eigenvalue weighted by molar-refractivity contribution is 0.483. The van der Waals surface area contributed by atoms with E-state index in [1.165, 1.54) is 11.3 Å². The molecule has 44 heavy (non-hydrogen) atoms. The summed E-state index contributed by atoms with van der Waals surface area (Å²) in [5.41, 5.74) is 8.39. The van der Waals surface area contributed by atoms with Crippen molar-refractivity contribution in [3.05, 3.63) is 139 Å². The Labute approximate surface area is 253 Å². The molecule has 210 valence electrons. The molecule has 0 spiro atoms. The number of rotatable bonds is 4. The lowest BCUT2D eigenvalue weighted by Gasteiger charge is -2.17. The Bertz CT molecular complexity index is 2390. The third-order valence-electron chi connectivity index (χ3n) is 8.80. The van der Waals surface area contributed by atoms with Crippen molar-refractivity contribution in [1.29, 1.82) is 0 Å². The van der Waals surface area contributed by atoms with Crippen LogP contribution in [-0.2, 0) is 5.41 Å². The fourth-order valence-electron chi connectivity index (χ4n) is 6.73. The third kappa shape index (κ3) is 3.57. The SMILES string of the molecule is CC1(C)c2ccccc2-n2c1nc1cc3c(cc12)c1ccc(Oc2cccc(-c4ccccn4)c2)cc1n3-c1ccccn1. The molecule has 0 saturated heterocycles. The van der Waals surface area contributed by atoms with Crippen LogP contribution in [0.25, 0.3) is 55.6 Å². The van der Waals surface area contributed by atoms with E-state index in [0.29, 0.717) is 0 Å². The smallest absolute Gasteiger partial charge is 0.137 e. The molecule has 6 nitrogen and oxygen atoms in total. The first-order chi connectivity index (χ1) is 21.6. The zero-order chi connectivity index (χ0) is 29.4. The molecule has 4 aromatic heterocycles. The van der Waals surface area contributed by atoms with Crippen LogP contribution in [0.1, 0.15) is 25.2 Å². The number of hydrogen-bond donors (Lipinski definition) is 0. The third-order valence-corrected chi connectivity index (χ3v) is 8.80. The molecule has 8 aromatic rings. The molecule has 0 unspecified atom stereocenters. The summed E-state index contributed by atoms with van der Waals surface area (Å²) < 4.78 is 11.0. The van der Waals surface area contributed by atoms with Gasteiger partial charge in [-0.15, -0.1) is 0 Å². The summed E-state index contributed by atoms with van der Waals surface area (Å²) in [7, 11) is 0. The van der Waals surface area contributed by atoms with Crippen molar-refractivity contribution in [3.8, 4) is 34.3 Å². The lowest BCUT2D eigenvalue weighted by Crippen LogP contribution is -2.16. The van der Waals surface area contributed by atoms with Crippen molar-refractivity contribution in [2.45, 2.75) is 19.3 Å². The molecular weight excluding hydrogens is 542 g/mol. The van der Waals surface area contributed by atoms with Gasteiger partial charge < -0.3 is 4.74 Å². The van der Waals surface area contributed by atoms with Crippen LogP contribution in [0, 0.1) is 0 Å². The molecule has 5 heterocycles. The van der Waals surface area contributed by atoms with Gasteiger partial charge in [0.05, 0.1) is 38.9 Å². The number of ether oxygens (including phenoxy) is 1. The van der Waals surface area contributed by atoms with Gasteiger partial charge in [0.1, 0.15) is 23.1 Å². The normalized spacial score (nSPS) is 13.4. The van der Waals surface area contributed by atoms with Crippen molar-refractivity contribution in [3.63, 3.8) is 0 Å². The molecule has 1 aliphatic heterocycles. The summed E-state index contributed by atoms with van der Waals surface area (Å²) in [6, 6.07) is 39.4. The van der Waals surface area contributed by atoms with Crippen LogP contribution < -0.4 is 4.74 Å². The van der Waals surface area contributed by atoms with Gasteiger partial charge in [-0.2, -0.15) is 0 Å². The highest BCUT2D eigenvalue weighted by molar-refractivity contribution is 6.13. The van der Waals surface area contributed by atoms with E-state index >= 15 is 0 Å². The number of pyridine rings is 2. The number of imidazole rings is 1. The zero-order valence-electron chi connectivity index (χ0n) is 24.3. The van der Waals surface area contributed by atoms with Gasteiger partial charge in [-0.25, -0.2) is 9.97 Å². The predicted octanol–water partition coefficient (Wildman–Crippen LogP) is 9.01. The van der Waals surface area contributed by atoms with Crippen LogP contribution in [0.2, 0.25) is 0 Å². The van der Waals surface area contributed by atoms with Crippen LogP contribution in [0.4, 0.5) is 0 Å². The number of fused-ring (bicyclic) bond motifs is 8. The fraction of sp³-hybridized carbons (Fsp3) is 0.0789. The number of aromatic nitrogens is 5. The molecule has 1 aliphatic rings. The predicted molar refractivity (Wildman–Crippen MR) is 175 cm³/mol. The Kier molecular flexibility index (Phi) is 5.14. The standard InChI is InChI=1S/C38H27N5O/c1-38(2)29-12-3-4-14-32(29)43-35-22-28-27-17-16-26(44-25-11-9-10-24(20-25)30-13-5-7-18-39-30)21-33(27)42(36-15-6-8-19-40-36)34(28)23-31(35)41-37(38)43/h3-23H,1-2H3. The number of para-hydroxylation sites is 1. The Morgan fingerprint density at radius 3 is 2.25 bits per heavy atom. The molecule has 9 rings (SSSR count). The maximum Gasteiger partial charge on any atom is 0.137 e. The van der Waals surface area contributed by atoms with Gasteiger partial charge in [-0.1, -0.05) is 42.5 Å². The Morgan fingerprint density at radius 1 is 0.614 bits per heavy atom. The summed E-state index contributed by atoms with van der Waals surface area (Å²) in [6.07, 6.45) is 3.64. The maximum absolute atomic E-state index is 6.44. The lowest BCUT2D eigenvalue weighted by atomic mass is 9.86. The first-order valence-corrected chi connectivity index (χ1v) is 14.8. The minimum absolute atomic E-state index is 0.182. The van der Waals surface area contributed by atoms with Crippen molar-refractivity contribution in [1.82, 2.24) is 24.1 Å². The van der Waals surface area contributed by atoms with Crippen LogP contribution in [-0.4, -0.2) is 24.1 Å². The molecule has 0 N–H and O–H groups in total. The first-order valence-electron chi connectivity index (χ1n) is 14.8. The molecular formula is C38H27N5O. The van der Waals surface area contributed by atoms with Gasteiger partial charge in [-0.3, -0.25) is 14.1 Å². The van der Waals surface area contributed by atoms with E-state index in [0.717, 1.165) is 67.2 Å². The van der Waals surface area contributed by atoms with Gasteiger partial charge in [0.15, 0.2) is 0 Å². The largest absolute Gasteiger partial charge is 0.457 e. The van der Waals surface area contributed by atoms with Crippen molar-refractivity contribution < 1.29 is 4.74 Å². The number of nitrogens with zero attached hydrogens (tertiary/aromatic N) is 5. The van der Waals surface area contributed by atoms with E-state index in [2.05, 4.69) is 76.5 Å². The van der Waals surface area contributed by atoms with Crippen LogP contribution >= 0.6 is 0 Å². The van der Waals surface area contributed by atoms with Crippen LogP contribution in [0.3, 0.4) is 0 Å².